The Hall–Kier alpha value is -3.36. The molecule has 31 heavy (non-hydrogen) atoms. The molecule has 160 valence electrons. The van der Waals surface area contributed by atoms with Gasteiger partial charge in [-0.2, -0.15) is 5.10 Å². The van der Waals surface area contributed by atoms with E-state index in [4.69, 9.17) is 0 Å². The summed E-state index contributed by atoms with van der Waals surface area (Å²) in [5.41, 5.74) is 0.173. The van der Waals surface area contributed by atoms with Crippen molar-refractivity contribution in [1.82, 2.24) is 19.2 Å². The molecule has 6 nitrogen and oxygen atoms in total. The molecule has 3 heterocycles. The predicted octanol–water partition coefficient (Wildman–Crippen LogP) is 4.42. The van der Waals surface area contributed by atoms with Gasteiger partial charge in [0, 0.05) is 42.9 Å². The summed E-state index contributed by atoms with van der Waals surface area (Å²) >= 11 is 0. The SMILES string of the molecule is CC(F)(F)c1cccc(CNc2nc3ccnn3c3cc(=O)n(C4(C)CC4)cc23)c1F. The van der Waals surface area contributed by atoms with Crippen LogP contribution in [0.5, 0.6) is 0 Å². The van der Waals surface area contributed by atoms with Crippen LogP contribution in [0.4, 0.5) is 19.0 Å². The fourth-order valence-corrected chi connectivity index (χ4v) is 3.83. The summed E-state index contributed by atoms with van der Waals surface area (Å²) in [6.07, 6.45) is 5.13. The van der Waals surface area contributed by atoms with Crippen molar-refractivity contribution in [2.24, 2.45) is 0 Å². The van der Waals surface area contributed by atoms with E-state index in [9.17, 15) is 18.0 Å². The van der Waals surface area contributed by atoms with Gasteiger partial charge in [0.1, 0.15) is 11.6 Å². The number of anilines is 1. The van der Waals surface area contributed by atoms with Crippen LogP contribution in [0.25, 0.3) is 16.6 Å². The highest BCUT2D eigenvalue weighted by atomic mass is 19.3. The number of nitrogens with zero attached hydrogens (tertiary/aromatic N) is 4. The Morgan fingerprint density at radius 2 is 2.03 bits per heavy atom. The first kappa shape index (κ1) is 19.6. The first-order valence-electron chi connectivity index (χ1n) is 9.98. The third-order valence-corrected chi connectivity index (χ3v) is 5.92. The van der Waals surface area contributed by atoms with Crippen molar-refractivity contribution in [3.63, 3.8) is 0 Å². The molecule has 0 unspecified atom stereocenters. The molecule has 1 aliphatic carbocycles. The van der Waals surface area contributed by atoms with Gasteiger partial charge in [0.15, 0.2) is 5.65 Å². The van der Waals surface area contributed by atoms with Gasteiger partial charge >= 0.3 is 0 Å². The molecule has 1 N–H and O–H groups in total. The van der Waals surface area contributed by atoms with Crippen LogP contribution >= 0.6 is 0 Å². The molecule has 1 fully saturated rings. The summed E-state index contributed by atoms with van der Waals surface area (Å²) in [7, 11) is 0. The summed E-state index contributed by atoms with van der Waals surface area (Å²) in [5, 5.41) is 7.95. The van der Waals surface area contributed by atoms with Crippen LogP contribution in [0, 0.1) is 5.82 Å². The fraction of sp³-hybridized carbons (Fsp3) is 0.318. The monoisotopic (exact) mass is 427 g/mol. The molecule has 0 saturated heterocycles. The lowest BCUT2D eigenvalue weighted by molar-refractivity contribution is 0.0136. The first-order chi connectivity index (χ1) is 14.7. The van der Waals surface area contributed by atoms with Crippen LogP contribution in [-0.2, 0) is 18.0 Å². The molecule has 5 rings (SSSR count). The molecule has 0 aliphatic heterocycles. The number of nitrogens with one attached hydrogen (secondary N) is 1. The van der Waals surface area contributed by atoms with Crippen LogP contribution in [-0.4, -0.2) is 19.2 Å². The molecule has 4 aromatic rings. The smallest absolute Gasteiger partial charge is 0.273 e. The number of hydrogen-bond acceptors (Lipinski definition) is 4. The summed E-state index contributed by atoms with van der Waals surface area (Å²) < 4.78 is 45.3. The average molecular weight is 427 g/mol. The summed E-state index contributed by atoms with van der Waals surface area (Å²) in [5.74, 6) is -3.80. The van der Waals surface area contributed by atoms with E-state index < -0.39 is 17.3 Å². The Morgan fingerprint density at radius 1 is 1.26 bits per heavy atom. The van der Waals surface area contributed by atoms with E-state index in [0.717, 1.165) is 18.9 Å². The van der Waals surface area contributed by atoms with Gasteiger partial charge in [-0.05, 0) is 19.8 Å². The molecule has 0 atom stereocenters. The maximum Gasteiger partial charge on any atom is 0.273 e. The van der Waals surface area contributed by atoms with Gasteiger partial charge in [-0.1, -0.05) is 18.2 Å². The summed E-state index contributed by atoms with van der Waals surface area (Å²) in [6.45, 7) is 2.64. The molecule has 0 bridgehead atoms. The predicted molar refractivity (Wildman–Crippen MR) is 111 cm³/mol. The lowest BCUT2D eigenvalue weighted by Gasteiger charge is -2.17. The van der Waals surface area contributed by atoms with Crippen molar-refractivity contribution in [3.05, 3.63) is 70.0 Å². The first-order valence-corrected chi connectivity index (χ1v) is 9.98. The van der Waals surface area contributed by atoms with Gasteiger partial charge in [-0.25, -0.2) is 22.7 Å². The standard InChI is InChI=1S/C22H20F3N5O/c1-21(7-8-21)29-12-14-16(10-18(29)31)30-17(6-9-27-30)28-20(14)26-11-13-4-3-5-15(19(13)23)22(2,24)25/h3-6,9-10,12H,7-8,11H2,1-2H3,(H,26,28). The Balaban J connectivity index is 1.60. The number of benzene rings is 1. The van der Waals surface area contributed by atoms with Crippen molar-refractivity contribution in [3.8, 4) is 0 Å². The van der Waals surface area contributed by atoms with Crippen LogP contribution in [0.1, 0.15) is 37.8 Å². The second-order valence-electron chi connectivity index (χ2n) is 8.36. The van der Waals surface area contributed by atoms with E-state index >= 15 is 0 Å². The minimum atomic E-state index is -3.28. The Labute approximate surface area is 175 Å². The second-order valence-corrected chi connectivity index (χ2v) is 8.36. The van der Waals surface area contributed by atoms with Crippen LogP contribution in [0.15, 0.2) is 47.5 Å². The molecule has 1 aromatic carbocycles. The summed E-state index contributed by atoms with van der Waals surface area (Å²) in [4.78, 5) is 17.3. The fourth-order valence-electron chi connectivity index (χ4n) is 3.83. The van der Waals surface area contributed by atoms with E-state index in [1.54, 1.807) is 27.5 Å². The zero-order chi connectivity index (χ0) is 22.0. The highest BCUT2D eigenvalue weighted by Crippen LogP contribution is 2.42. The third-order valence-electron chi connectivity index (χ3n) is 5.92. The van der Waals surface area contributed by atoms with Crippen LogP contribution in [0.3, 0.4) is 0 Å². The van der Waals surface area contributed by atoms with E-state index in [0.29, 0.717) is 29.3 Å². The molecule has 9 heteroatoms. The summed E-state index contributed by atoms with van der Waals surface area (Å²) in [6, 6.07) is 7.16. The molecular formula is C22H20F3N5O. The molecule has 0 amide bonds. The van der Waals surface area contributed by atoms with Crippen molar-refractivity contribution < 1.29 is 13.2 Å². The number of aromatic nitrogens is 4. The number of halogens is 3. The molecule has 1 saturated carbocycles. The highest BCUT2D eigenvalue weighted by Gasteiger charge is 2.40. The van der Waals surface area contributed by atoms with E-state index in [1.165, 1.54) is 18.2 Å². The minimum Gasteiger partial charge on any atom is -0.365 e. The normalized spacial score (nSPS) is 15.5. The highest BCUT2D eigenvalue weighted by molar-refractivity contribution is 5.90. The van der Waals surface area contributed by atoms with Crippen LogP contribution in [0.2, 0.25) is 0 Å². The zero-order valence-electron chi connectivity index (χ0n) is 17.0. The van der Waals surface area contributed by atoms with Gasteiger partial charge in [-0.3, -0.25) is 4.79 Å². The molecule has 3 aromatic heterocycles. The lowest BCUT2D eigenvalue weighted by Crippen LogP contribution is -2.27. The molecule has 1 aliphatic rings. The van der Waals surface area contributed by atoms with Gasteiger partial charge in [-0.15, -0.1) is 0 Å². The second kappa shape index (κ2) is 6.57. The van der Waals surface area contributed by atoms with E-state index in [1.807, 2.05) is 6.92 Å². The third kappa shape index (κ3) is 3.24. The number of alkyl halides is 2. The van der Waals surface area contributed by atoms with E-state index in [-0.39, 0.29) is 23.2 Å². The Kier molecular flexibility index (Phi) is 4.15. The molecule has 0 spiro atoms. The maximum atomic E-state index is 14.7. The van der Waals surface area contributed by atoms with Gasteiger partial charge < -0.3 is 9.88 Å². The van der Waals surface area contributed by atoms with Crippen molar-refractivity contribution in [1.29, 1.82) is 0 Å². The van der Waals surface area contributed by atoms with Crippen molar-refractivity contribution in [2.45, 2.75) is 44.7 Å². The quantitative estimate of drug-likeness (QED) is 0.512. The van der Waals surface area contributed by atoms with Crippen molar-refractivity contribution >= 4 is 22.4 Å². The lowest BCUT2D eigenvalue weighted by atomic mass is 10.0. The van der Waals surface area contributed by atoms with Gasteiger partial charge in [0.2, 0.25) is 0 Å². The van der Waals surface area contributed by atoms with Gasteiger partial charge in [0.05, 0.1) is 22.7 Å². The molecule has 0 radical (unpaired) electrons. The minimum absolute atomic E-state index is 0.0431. The Bertz CT molecular complexity index is 1380. The van der Waals surface area contributed by atoms with E-state index in [2.05, 4.69) is 15.4 Å². The number of hydrogen-bond donors (Lipinski definition) is 1. The Morgan fingerprint density at radius 3 is 2.74 bits per heavy atom. The van der Waals surface area contributed by atoms with Crippen LogP contribution < -0.4 is 10.9 Å². The van der Waals surface area contributed by atoms with Crippen molar-refractivity contribution in [2.75, 3.05) is 5.32 Å². The van der Waals surface area contributed by atoms with Gasteiger partial charge in [0.25, 0.3) is 11.5 Å². The number of fused-ring (bicyclic) bond motifs is 3. The number of rotatable bonds is 5. The average Bonchev–Trinajstić information content (AvgIpc) is 3.27. The molecular weight excluding hydrogens is 407 g/mol. The maximum absolute atomic E-state index is 14.7. The topological polar surface area (TPSA) is 64.2 Å². The largest absolute Gasteiger partial charge is 0.365 e. The number of pyridine rings is 1. The zero-order valence-corrected chi connectivity index (χ0v) is 17.0.